The van der Waals surface area contributed by atoms with Crippen molar-refractivity contribution < 1.29 is 9.47 Å². The molecule has 1 aromatic carbocycles. The monoisotopic (exact) mass is 306 g/mol. The summed E-state index contributed by atoms with van der Waals surface area (Å²) in [5.41, 5.74) is 2.01. The fourth-order valence-corrected chi connectivity index (χ4v) is 3.53. The Balaban J connectivity index is 2.08. The number of aromatic nitrogens is 2. The van der Waals surface area contributed by atoms with Crippen molar-refractivity contribution in [1.82, 2.24) is 9.55 Å². The van der Waals surface area contributed by atoms with Crippen LogP contribution in [0.4, 0.5) is 0 Å². The molecule has 3 rings (SSSR count). The second-order valence-electron chi connectivity index (χ2n) is 6.14. The van der Waals surface area contributed by atoms with Crippen molar-refractivity contribution in [2.45, 2.75) is 45.3 Å². The zero-order valence-corrected chi connectivity index (χ0v) is 13.6. The number of fused-ring (bicyclic) bond motifs is 1. The molecule has 114 valence electrons. The molecule has 0 bridgehead atoms. The van der Waals surface area contributed by atoms with E-state index in [1.807, 2.05) is 19.1 Å². The van der Waals surface area contributed by atoms with E-state index in [0.717, 1.165) is 41.0 Å². The summed E-state index contributed by atoms with van der Waals surface area (Å²) in [6.45, 7) is 7.70. The Morgan fingerprint density at radius 1 is 1.48 bits per heavy atom. The van der Waals surface area contributed by atoms with Gasteiger partial charge in [0.05, 0.1) is 17.7 Å². The predicted octanol–water partition coefficient (Wildman–Crippen LogP) is 4.23. The second-order valence-corrected chi connectivity index (χ2v) is 6.52. The van der Waals surface area contributed by atoms with Crippen LogP contribution >= 0.6 is 12.2 Å². The molecule has 2 heterocycles. The lowest BCUT2D eigenvalue weighted by Crippen LogP contribution is -2.35. The Bertz CT molecular complexity index is 702. The molecule has 0 amide bonds. The normalized spacial score (nSPS) is 21.6. The van der Waals surface area contributed by atoms with E-state index < -0.39 is 0 Å². The van der Waals surface area contributed by atoms with Crippen molar-refractivity contribution in [2.75, 3.05) is 13.2 Å². The number of imidazole rings is 1. The van der Waals surface area contributed by atoms with E-state index in [0.29, 0.717) is 12.6 Å². The van der Waals surface area contributed by atoms with Crippen LogP contribution in [-0.2, 0) is 4.74 Å². The molecule has 1 saturated heterocycles. The maximum atomic E-state index is 5.83. The summed E-state index contributed by atoms with van der Waals surface area (Å²) in [5.74, 6) is 0.867. The van der Waals surface area contributed by atoms with E-state index in [9.17, 15) is 0 Å². The lowest BCUT2D eigenvalue weighted by molar-refractivity contribution is -0.0687. The van der Waals surface area contributed by atoms with E-state index in [4.69, 9.17) is 21.7 Å². The van der Waals surface area contributed by atoms with Crippen LogP contribution in [0.15, 0.2) is 18.2 Å². The van der Waals surface area contributed by atoms with Gasteiger partial charge in [-0.05, 0) is 58.0 Å². The molecule has 4 nitrogen and oxygen atoms in total. The van der Waals surface area contributed by atoms with Crippen molar-refractivity contribution in [1.29, 1.82) is 0 Å². The number of para-hydroxylation sites is 1. The highest BCUT2D eigenvalue weighted by atomic mass is 32.1. The minimum atomic E-state index is -0.0984. The molecule has 1 unspecified atom stereocenters. The van der Waals surface area contributed by atoms with Gasteiger partial charge in [-0.15, -0.1) is 0 Å². The number of benzene rings is 1. The molecular formula is C16H22N2O2S. The third-order valence-electron chi connectivity index (χ3n) is 4.05. The summed E-state index contributed by atoms with van der Waals surface area (Å²) < 4.78 is 14.5. The first-order chi connectivity index (χ1) is 10.0. The standard InChI is InChI=1S/C16H22N2O2S/c1-4-19-13-7-5-6-12-14(13)17-15(21)18(12)11-8-9-20-16(2,3)10-11/h5-7,11H,4,8-10H2,1-3H3,(H,17,21). The summed E-state index contributed by atoms with van der Waals surface area (Å²) >= 11 is 5.56. The van der Waals surface area contributed by atoms with Gasteiger partial charge in [-0.3, -0.25) is 0 Å². The summed E-state index contributed by atoms with van der Waals surface area (Å²) in [6, 6.07) is 6.48. The largest absolute Gasteiger partial charge is 0.492 e. The fourth-order valence-electron chi connectivity index (χ4n) is 3.18. The Labute approximate surface area is 130 Å². The highest BCUT2D eigenvalue weighted by molar-refractivity contribution is 7.71. The number of nitrogens with zero attached hydrogens (tertiary/aromatic N) is 1. The summed E-state index contributed by atoms with van der Waals surface area (Å²) in [6.07, 6.45) is 1.96. The molecule has 1 N–H and O–H groups in total. The average molecular weight is 306 g/mol. The number of hydrogen-bond acceptors (Lipinski definition) is 3. The van der Waals surface area contributed by atoms with Crippen LogP contribution in [0.1, 0.15) is 39.7 Å². The Kier molecular flexibility index (Phi) is 3.80. The average Bonchev–Trinajstić information content (AvgIpc) is 2.75. The Morgan fingerprint density at radius 2 is 2.29 bits per heavy atom. The smallest absolute Gasteiger partial charge is 0.178 e. The summed E-state index contributed by atoms with van der Waals surface area (Å²) in [4.78, 5) is 3.32. The van der Waals surface area contributed by atoms with Gasteiger partial charge in [0.2, 0.25) is 0 Å². The van der Waals surface area contributed by atoms with Crippen molar-refractivity contribution >= 4 is 23.3 Å². The maximum absolute atomic E-state index is 5.83. The predicted molar refractivity (Wildman–Crippen MR) is 86.6 cm³/mol. The van der Waals surface area contributed by atoms with Crippen molar-refractivity contribution in [2.24, 2.45) is 0 Å². The van der Waals surface area contributed by atoms with Crippen LogP contribution in [0.3, 0.4) is 0 Å². The van der Waals surface area contributed by atoms with Gasteiger partial charge in [-0.25, -0.2) is 0 Å². The zero-order valence-electron chi connectivity index (χ0n) is 12.8. The van der Waals surface area contributed by atoms with Crippen molar-refractivity contribution in [3.8, 4) is 5.75 Å². The molecule has 1 aliphatic rings. The van der Waals surface area contributed by atoms with Gasteiger partial charge < -0.3 is 19.0 Å². The minimum Gasteiger partial charge on any atom is -0.492 e. The van der Waals surface area contributed by atoms with Gasteiger partial charge in [0.15, 0.2) is 4.77 Å². The number of nitrogens with one attached hydrogen (secondary N) is 1. The topological polar surface area (TPSA) is 39.2 Å². The lowest BCUT2D eigenvalue weighted by atomic mass is 9.93. The molecule has 1 aromatic heterocycles. The van der Waals surface area contributed by atoms with E-state index in [2.05, 4.69) is 29.5 Å². The molecule has 0 aliphatic carbocycles. The number of aromatic amines is 1. The molecule has 21 heavy (non-hydrogen) atoms. The first kappa shape index (κ1) is 14.6. The minimum absolute atomic E-state index is 0.0984. The molecular weight excluding hydrogens is 284 g/mol. The maximum Gasteiger partial charge on any atom is 0.178 e. The molecule has 1 atom stereocenters. The molecule has 0 saturated carbocycles. The van der Waals surface area contributed by atoms with E-state index in [1.54, 1.807) is 0 Å². The third-order valence-corrected chi connectivity index (χ3v) is 4.35. The SMILES string of the molecule is CCOc1cccc2c1[nH]c(=S)n2C1CCOC(C)(C)C1. The van der Waals surface area contributed by atoms with Crippen LogP contribution in [0.5, 0.6) is 5.75 Å². The van der Waals surface area contributed by atoms with Crippen molar-refractivity contribution in [3.63, 3.8) is 0 Å². The van der Waals surface area contributed by atoms with Crippen LogP contribution in [0, 0.1) is 4.77 Å². The fraction of sp³-hybridized carbons (Fsp3) is 0.562. The van der Waals surface area contributed by atoms with Gasteiger partial charge in [0.1, 0.15) is 11.3 Å². The molecule has 5 heteroatoms. The van der Waals surface area contributed by atoms with Crippen molar-refractivity contribution in [3.05, 3.63) is 23.0 Å². The number of hydrogen-bond donors (Lipinski definition) is 1. The highest BCUT2D eigenvalue weighted by Gasteiger charge is 2.31. The van der Waals surface area contributed by atoms with Crippen LogP contribution in [0.2, 0.25) is 0 Å². The summed E-state index contributed by atoms with van der Waals surface area (Å²) in [5, 5.41) is 0. The number of H-pyrrole nitrogens is 1. The molecule has 0 radical (unpaired) electrons. The first-order valence-electron chi connectivity index (χ1n) is 7.52. The molecule has 2 aromatic rings. The van der Waals surface area contributed by atoms with Gasteiger partial charge in [0, 0.05) is 12.6 Å². The summed E-state index contributed by atoms with van der Waals surface area (Å²) in [7, 11) is 0. The molecule has 1 aliphatic heterocycles. The van der Waals surface area contributed by atoms with Crippen LogP contribution < -0.4 is 4.74 Å². The van der Waals surface area contributed by atoms with Crippen LogP contribution in [0.25, 0.3) is 11.0 Å². The number of rotatable bonds is 3. The zero-order chi connectivity index (χ0) is 15.0. The van der Waals surface area contributed by atoms with Crippen LogP contribution in [-0.4, -0.2) is 28.4 Å². The number of ether oxygens (including phenoxy) is 2. The Morgan fingerprint density at radius 3 is 3.00 bits per heavy atom. The Hall–Kier alpha value is -1.33. The third kappa shape index (κ3) is 2.72. The lowest BCUT2D eigenvalue weighted by Gasteiger charge is -2.36. The van der Waals surface area contributed by atoms with E-state index in [-0.39, 0.29) is 5.60 Å². The molecule has 0 spiro atoms. The highest BCUT2D eigenvalue weighted by Crippen LogP contribution is 2.35. The second kappa shape index (κ2) is 5.46. The quantitative estimate of drug-likeness (QED) is 0.863. The van der Waals surface area contributed by atoms with E-state index in [1.165, 1.54) is 0 Å². The van der Waals surface area contributed by atoms with Gasteiger partial charge in [-0.2, -0.15) is 0 Å². The molecule has 1 fully saturated rings. The van der Waals surface area contributed by atoms with Gasteiger partial charge >= 0.3 is 0 Å². The van der Waals surface area contributed by atoms with Gasteiger partial charge in [-0.1, -0.05) is 6.07 Å². The first-order valence-corrected chi connectivity index (χ1v) is 7.92. The van der Waals surface area contributed by atoms with E-state index >= 15 is 0 Å². The van der Waals surface area contributed by atoms with Gasteiger partial charge in [0.25, 0.3) is 0 Å².